The van der Waals surface area contributed by atoms with Crippen molar-refractivity contribution in [2.45, 2.75) is 63.8 Å². The third-order valence-electron chi connectivity index (χ3n) is 6.38. The number of hydrogen-bond donors (Lipinski definition) is 1. The fourth-order valence-corrected chi connectivity index (χ4v) is 4.83. The first-order valence-corrected chi connectivity index (χ1v) is 8.81. The molecule has 0 aromatic rings. The van der Waals surface area contributed by atoms with Gasteiger partial charge in [0.25, 0.3) is 0 Å². The molecule has 19 heavy (non-hydrogen) atoms. The average Bonchev–Trinajstić information content (AvgIpc) is 3.34. The summed E-state index contributed by atoms with van der Waals surface area (Å²) in [5.74, 6) is 2.10. The summed E-state index contributed by atoms with van der Waals surface area (Å²) in [4.78, 5) is 2.82. The van der Waals surface area contributed by atoms with Crippen LogP contribution >= 0.6 is 0 Å². The van der Waals surface area contributed by atoms with Crippen LogP contribution in [0, 0.1) is 17.3 Å². The molecule has 4 rings (SSSR count). The quantitative estimate of drug-likeness (QED) is 0.838. The maximum atomic E-state index is 3.83. The molecular weight excluding hydrogens is 232 g/mol. The van der Waals surface area contributed by atoms with Crippen LogP contribution in [-0.2, 0) is 0 Å². The van der Waals surface area contributed by atoms with Crippen LogP contribution in [0.5, 0.6) is 0 Å². The normalized spacial score (nSPS) is 36.3. The molecule has 1 heterocycles. The predicted molar refractivity (Wildman–Crippen MR) is 79.2 cm³/mol. The first kappa shape index (κ1) is 12.6. The van der Waals surface area contributed by atoms with E-state index in [4.69, 9.17) is 0 Å². The second kappa shape index (κ2) is 5.04. The Morgan fingerprint density at radius 2 is 1.79 bits per heavy atom. The summed E-state index contributed by atoms with van der Waals surface area (Å²) in [5, 5.41) is 3.83. The summed E-state index contributed by atoms with van der Waals surface area (Å²) in [6.07, 6.45) is 13.6. The Bertz CT molecular complexity index is 313. The van der Waals surface area contributed by atoms with Gasteiger partial charge in [-0.05, 0) is 55.8 Å². The van der Waals surface area contributed by atoms with Gasteiger partial charge in [-0.2, -0.15) is 0 Å². The van der Waals surface area contributed by atoms with Gasteiger partial charge < -0.3 is 5.32 Å². The maximum Gasteiger partial charge on any atom is 0.0223 e. The van der Waals surface area contributed by atoms with Crippen molar-refractivity contribution >= 4 is 0 Å². The average molecular weight is 262 g/mol. The molecule has 0 bridgehead atoms. The smallest absolute Gasteiger partial charge is 0.0223 e. The first-order valence-electron chi connectivity index (χ1n) is 8.81. The Kier molecular flexibility index (Phi) is 3.35. The van der Waals surface area contributed by atoms with E-state index < -0.39 is 0 Å². The lowest BCUT2D eigenvalue weighted by Crippen LogP contribution is -2.55. The van der Waals surface area contributed by atoms with E-state index in [0.717, 1.165) is 23.3 Å². The molecule has 0 aromatic carbocycles. The molecule has 0 aromatic heterocycles. The fourth-order valence-electron chi connectivity index (χ4n) is 4.83. The SMILES string of the molecule is C1CCC(C2CN(CC3(C4CC4)CC3)CCN2)CC1. The molecule has 0 radical (unpaired) electrons. The van der Waals surface area contributed by atoms with Gasteiger partial charge in [-0.25, -0.2) is 0 Å². The number of nitrogens with one attached hydrogen (secondary N) is 1. The predicted octanol–water partition coefficient (Wildman–Crippen LogP) is 3.03. The van der Waals surface area contributed by atoms with Crippen LogP contribution in [0.3, 0.4) is 0 Å². The monoisotopic (exact) mass is 262 g/mol. The summed E-state index contributed by atoms with van der Waals surface area (Å²) in [7, 11) is 0. The highest BCUT2D eigenvalue weighted by Gasteiger charge is 2.54. The van der Waals surface area contributed by atoms with Crippen LogP contribution in [0.25, 0.3) is 0 Å². The van der Waals surface area contributed by atoms with Crippen molar-refractivity contribution in [2.75, 3.05) is 26.2 Å². The van der Waals surface area contributed by atoms with Crippen LogP contribution in [0.2, 0.25) is 0 Å². The third kappa shape index (κ3) is 2.71. The molecule has 1 atom stereocenters. The molecule has 4 aliphatic rings. The number of rotatable bonds is 4. The van der Waals surface area contributed by atoms with Crippen molar-refractivity contribution in [1.82, 2.24) is 10.2 Å². The highest BCUT2D eigenvalue weighted by molar-refractivity contribution is 5.06. The zero-order chi connectivity index (χ0) is 12.7. The zero-order valence-corrected chi connectivity index (χ0v) is 12.4. The molecule has 1 unspecified atom stereocenters. The Hall–Kier alpha value is -0.0800. The van der Waals surface area contributed by atoms with Gasteiger partial charge in [0.05, 0.1) is 0 Å². The summed E-state index contributed by atoms with van der Waals surface area (Å²) in [6.45, 7) is 5.32. The second-order valence-corrected chi connectivity index (χ2v) is 7.83. The summed E-state index contributed by atoms with van der Waals surface area (Å²) in [6, 6.07) is 0.809. The molecular formula is C17H30N2. The lowest BCUT2D eigenvalue weighted by Gasteiger charge is -2.40. The van der Waals surface area contributed by atoms with Gasteiger partial charge in [0.1, 0.15) is 0 Å². The summed E-state index contributed by atoms with van der Waals surface area (Å²) in [5.41, 5.74) is 0.800. The van der Waals surface area contributed by atoms with E-state index in [2.05, 4.69) is 10.2 Å². The Labute approximate surface area is 118 Å². The Morgan fingerprint density at radius 3 is 2.47 bits per heavy atom. The fraction of sp³-hybridized carbons (Fsp3) is 1.00. The van der Waals surface area contributed by atoms with Gasteiger partial charge in [0.15, 0.2) is 0 Å². The molecule has 4 fully saturated rings. The minimum atomic E-state index is 0.800. The number of hydrogen-bond acceptors (Lipinski definition) is 2. The molecule has 0 amide bonds. The van der Waals surface area contributed by atoms with Gasteiger partial charge in [-0.3, -0.25) is 4.90 Å². The van der Waals surface area contributed by atoms with E-state index in [0.29, 0.717) is 0 Å². The summed E-state index contributed by atoms with van der Waals surface area (Å²) >= 11 is 0. The van der Waals surface area contributed by atoms with Crippen LogP contribution < -0.4 is 5.32 Å². The topological polar surface area (TPSA) is 15.3 Å². The van der Waals surface area contributed by atoms with E-state index in [-0.39, 0.29) is 0 Å². The van der Waals surface area contributed by atoms with E-state index in [1.165, 1.54) is 84.0 Å². The molecule has 108 valence electrons. The summed E-state index contributed by atoms with van der Waals surface area (Å²) < 4.78 is 0. The first-order chi connectivity index (χ1) is 9.36. The van der Waals surface area contributed by atoms with Gasteiger partial charge in [-0.15, -0.1) is 0 Å². The van der Waals surface area contributed by atoms with Crippen molar-refractivity contribution in [3.05, 3.63) is 0 Å². The standard InChI is InChI=1S/C17H30N2/c1-2-4-14(5-3-1)16-12-19(11-10-18-16)13-17(8-9-17)15-6-7-15/h14-16,18H,1-13H2. The van der Waals surface area contributed by atoms with E-state index in [1.807, 2.05) is 0 Å². The van der Waals surface area contributed by atoms with Gasteiger partial charge in [-0.1, -0.05) is 19.3 Å². The molecule has 2 nitrogen and oxygen atoms in total. The molecule has 1 N–H and O–H groups in total. The molecule has 1 aliphatic heterocycles. The lowest BCUT2D eigenvalue weighted by atomic mass is 9.83. The third-order valence-corrected chi connectivity index (χ3v) is 6.38. The van der Waals surface area contributed by atoms with Crippen molar-refractivity contribution in [2.24, 2.45) is 17.3 Å². The van der Waals surface area contributed by atoms with Crippen LogP contribution in [0.1, 0.15) is 57.8 Å². The van der Waals surface area contributed by atoms with E-state index >= 15 is 0 Å². The van der Waals surface area contributed by atoms with E-state index in [9.17, 15) is 0 Å². The molecule has 3 saturated carbocycles. The maximum absolute atomic E-state index is 3.83. The lowest BCUT2D eigenvalue weighted by molar-refractivity contribution is 0.120. The highest BCUT2D eigenvalue weighted by Crippen LogP contribution is 2.61. The van der Waals surface area contributed by atoms with Crippen molar-refractivity contribution < 1.29 is 0 Å². The van der Waals surface area contributed by atoms with Gasteiger partial charge >= 0.3 is 0 Å². The Morgan fingerprint density at radius 1 is 1.00 bits per heavy atom. The second-order valence-electron chi connectivity index (χ2n) is 7.83. The van der Waals surface area contributed by atoms with Crippen molar-refractivity contribution in [1.29, 1.82) is 0 Å². The van der Waals surface area contributed by atoms with Crippen LogP contribution in [0.15, 0.2) is 0 Å². The highest BCUT2D eigenvalue weighted by atomic mass is 15.2. The minimum absolute atomic E-state index is 0.800. The van der Waals surface area contributed by atoms with E-state index in [1.54, 1.807) is 0 Å². The van der Waals surface area contributed by atoms with Gasteiger partial charge in [0, 0.05) is 32.2 Å². The largest absolute Gasteiger partial charge is 0.311 e. The number of nitrogens with zero attached hydrogens (tertiary/aromatic N) is 1. The molecule has 3 aliphatic carbocycles. The molecule has 0 spiro atoms. The van der Waals surface area contributed by atoms with Crippen LogP contribution in [-0.4, -0.2) is 37.1 Å². The van der Waals surface area contributed by atoms with Crippen LogP contribution in [0.4, 0.5) is 0 Å². The van der Waals surface area contributed by atoms with Crippen molar-refractivity contribution in [3.8, 4) is 0 Å². The molecule has 1 saturated heterocycles. The van der Waals surface area contributed by atoms with Gasteiger partial charge in [0.2, 0.25) is 0 Å². The number of piperazine rings is 1. The Balaban J connectivity index is 1.33. The molecule has 2 heteroatoms. The minimum Gasteiger partial charge on any atom is -0.311 e. The van der Waals surface area contributed by atoms with Crippen molar-refractivity contribution in [3.63, 3.8) is 0 Å². The zero-order valence-electron chi connectivity index (χ0n) is 12.4.